The molecular weight excluding hydrogens is 326 g/mol. The summed E-state index contributed by atoms with van der Waals surface area (Å²) in [4.78, 5) is 7.09. The van der Waals surface area contributed by atoms with Crippen LogP contribution >= 0.6 is 0 Å². The summed E-state index contributed by atoms with van der Waals surface area (Å²) in [7, 11) is 1.66. The van der Waals surface area contributed by atoms with Crippen LogP contribution in [-0.4, -0.2) is 35.2 Å². The highest BCUT2D eigenvalue weighted by Crippen LogP contribution is 2.29. The maximum atomic E-state index is 5.56. The van der Waals surface area contributed by atoms with Crippen molar-refractivity contribution in [3.05, 3.63) is 65.5 Å². The lowest BCUT2D eigenvalue weighted by molar-refractivity contribution is 0.309. The van der Waals surface area contributed by atoms with Crippen molar-refractivity contribution < 1.29 is 9.26 Å². The van der Waals surface area contributed by atoms with Gasteiger partial charge < -0.3 is 9.26 Å². The van der Waals surface area contributed by atoms with Gasteiger partial charge in [-0.2, -0.15) is 4.98 Å². The molecule has 0 aliphatic carbocycles. The van der Waals surface area contributed by atoms with Crippen LogP contribution in [-0.2, 0) is 6.54 Å². The highest BCUT2D eigenvalue weighted by molar-refractivity contribution is 5.55. The topological polar surface area (TPSA) is 51.4 Å². The minimum atomic E-state index is 0.304. The fourth-order valence-corrected chi connectivity index (χ4v) is 3.46. The molecule has 0 spiro atoms. The highest BCUT2D eigenvalue weighted by atomic mass is 16.5. The standard InChI is InChI=1S/C21H23N3O2/c1-15-5-3-4-6-17(15)13-24-12-11-18(14-24)21-22-20(23-26-21)16-7-9-19(25-2)10-8-16/h3-10,18H,11-14H2,1-2H3. The van der Waals surface area contributed by atoms with Crippen molar-refractivity contribution in [1.29, 1.82) is 0 Å². The number of likely N-dealkylation sites (tertiary alicyclic amines) is 1. The number of hydrogen-bond donors (Lipinski definition) is 0. The van der Waals surface area contributed by atoms with Gasteiger partial charge in [-0.1, -0.05) is 29.4 Å². The van der Waals surface area contributed by atoms with E-state index in [1.165, 1.54) is 11.1 Å². The summed E-state index contributed by atoms with van der Waals surface area (Å²) in [5.41, 5.74) is 3.67. The zero-order valence-electron chi connectivity index (χ0n) is 15.2. The number of hydrogen-bond acceptors (Lipinski definition) is 5. The molecule has 1 fully saturated rings. The Morgan fingerprint density at radius 1 is 1.15 bits per heavy atom. The van der Waals surface area contributed by atoms with Crippen LogP contribution in [0, 0.1) is 6.92 Å². The minimum absolute atomic E-state index is 0.304. The van der Waals surface area contributed by atoms with Gasteiger partial charge in [-0.3, -0.25) is 4.90 Å². The number of rotatable bonds is 5. The summed E-state index contributed by atoms with van der Waals surface area (Å²) in [6.45, 7) is 5.16. The summed E-state index contributed by atoms with van der Waals surface area (Å²) in [6.07, 6.45) is 1.05. The molecule has 4 rings (SSSR count). The molecule has 0 amide bonds. The van der Waals surface area contributed by atoms with Gasteiger partial charge in [-0.15, -0.1) is 0 Å². The van der Waals surface area contributed by atoms with Crippen molar-refractivity contribution in [2.45, 2.75) is 25.8 Å². The Morgan fingerprint density at radius 3 is 2.73 bits per heavy atom. The molecule has 0 radical (unpaired) electrons. The van der Waals surface area contributed by atoms with E-state index in [2.05, 4.69) is 46.2 Å². The van der Waals surface area contributed by atoms with Gasteiger partial charge in [-0.05, 0) is 55.3 Å². The molecule has 0 bridgehead atoms. The van der Waals surface area contributed by atoms with Crippen molar-refractivity contribution in [2.24, 2.45) is 0 Å². The van der Waals surface area contributed by atoms with E-state index in [0.29, 0.717) is 11.7 Å². The number of ether oxygens (including phenoxy) is 1. The Hall–Kier alpha value is -2.66. The molecule has 1 aliphatic rings. The maximum Gasteiger partial charge on any atom is 0.231 e. The average Bonchev–Trinajstić information content (AvgIpc) is 3.33. The van der Waals surface area contributed by atoms with E-state index in [4.69, 9.17) is 9.26 Å². The van der Waals surface area contributed by atoms with Crippen molar-refractivity contribution in [3.8, 4) is 17.1 Å². The zero-order valence-corrected chi connectivity index (χ0v) is 15.2. The summed E-state index contributed by atoms with van der Waals surface area (Å²) in [5.74, 6) is 2.50. The van der Waals surface area contributed by atoms with Gasteiger partial charge >= 0.3 is 0 Å². The Bertz CT molecular complexity index is 873. The number of methoxy groups -OCH3 is 1. The second kappa shape index (κ2) is 7.30. The fourth-order valence-electron chi connectivity index (χ4n) is 3.46. The SMILES string of the molecule is COc1ccc(-c2noc(C3CCN(Cc4ccccc4C)C3)n2)cc1. The first-order valence-electron chi connectivity index (χ1n) is 8.98. The van der Waals surface area contributed by atoms with Crippen LogP contribution < -0.4 is 4.74 Å². The molecule has 5 nitrogen and oxygen atoms in total. The Labute approximate surface area is 153 Å². The predicted molar refractivity (Wildman–Crippen MR) is 100 cm³/mol. The van der Waals surface area contributed by atoms with Crippen LogP contribution in [0.4, 0.5) is 0 Å². The van der Waals surface area contributed by atoms with Gasteiger partial charge in [0, 0.05) is 18.7 Å². The van der Waals surface area contributed by atoms with Crippen LogP contribution in [0.5, 0.6) is 5.75 Å². The molecule has 3 aromatic rings. The smallest absolute Gasteiger partial charge is 0.231 e. The molecule has 1 aliphatic heterocycles. The van der Waals surface area contributed by atoms with Gasteiger partial charge in [-0.25, -0.2) is 0 Å². The second-order valence-electron chi connectivity index (χ2n) is 6.83. The lowest BCUT2D eigenvalue weighted by atomic mass is 10.1. The Morgan fingerprint density at radius 2 is 1.96 bits per heavy atom. The average molecular weight is 349 g/mol. The third kappa shape index (κ3) is 3.48. The van der Waals surface area contributed by atoms with E-state index in [1.807, 2.05) is 24.3 Å². The molecule has 1 unspecified atom stereocenters. The molecule has 134 valence electrons. The van der Waals surface area contributed by atoms with Gasteiger partial charge in [0.15, 0.2) is 0 Å². The molecule has 26 heavy (non-hydrogen) atoms. The third-order valence-electron chi connectivity index (χ3n) is 5.07. The largest absolute Gasteiger partial charge is 0.497 e. The van der Waals surface area contributed by atoms with E-state index in [-0.39, 0.29) is 0 Å². The number of benzene rings is 2. The lowest BCUT2D eigenvalue weighted by Crippen LogP contribution is -2.20. The first-order valence-corrected chi connectivity index (χ1v) is 8.98. The van der Waals surface area contributed by atoms with Crippen LogP contribution in [0.15, 0.2) is 53.1 Å². The fraction of sp³-hybridized carbons (Fsp3) is 0.333. The van der Waals surface area contributed by atoms with Gasteiger partial charge in [0.2, 0.25) is 11.7 Å². The highest BCUT2D eigenvalue weighted by Gasteiger charge is 2.28. The molecule has 2 aromatic carbocycles. The molecule has 0 saturated carbocycles. The molecule has 0 N–H and O–H groups in total. The molecule has 1 saturated heterocycles. The molecule has 1 aromatic heterocycles. The first-order chi connectivity index (χ1) is 12.7. The molecular formula is C21H23N3O2. The van der Waals surface area contributed by atoms with Crippen LogP contribution in [0.2, 0.25) is 0 Å². The Balaban J connectivity index is 1.43. The number of nitrogens with zero attached hydrogens (tertiary/aromatic N) is 3. The molecule has 1 atom stereocenters. The van der Waals surface area contributed by atoms with E-state index in [9.17, 15) is 0 Å². The summed E-state index contributed by atoms with van der Waals surface area (Å²) < 4.78 is 10.8. The number of aromatic nitrogens is 2. The third-order valence-corrected chi connectivity index (χ3v) is 5.07. The van der Waals surface area contributed by atoms with E-state index >= 15 is 0 Å². The maximum absolute atomic E-state index is 5.56. The quantitative estimate of drug-likeness (QED) is 0.696. The van der Waals surface area contributed by atoms with Crippen molar-refractivity contribution in [2.75, 3.05) is 20.2 Å². The van der Waals surface area contributed by atoms with E-state index in [1.54, 1.807) is 7.11 Å². The van der Waals surface area contributed by atoms with Crippen LogP contribution in [0.25, 0.3) is 11.4 Å². The Kier molecular flexibility index (Phi) is 4.71. The van der Waals surface area contributed by atoms with Crippen molar-refractivity contribution >= 4 is 0 Å². The van der Waals surface area contributed by atoms with E-state index in [0.717, 1.165) is 43.3 Å². The molecule has 5 heteroatoms. The minimum Gasteiger partial charge on any atom is -0.497 e. The van der Waals surface area contributed by atoms with Crippen molar-refractivity contribution in [1.82, 2.24) is 15.0 Å². The molecule has 2 heterocycles. The van der Waals surface area contributed by atoms with Crippen molar-refractivity contribution in [3.63, 3.8) is 0 Å². The number of aryl methyl sites for hydroxylation is 1. The lowest BCUT2D eigenvalue weighted by Gasteiger charge is -2.16. The first kappa shape index (κ1) is 16.8. The van der Waals surface area contributed by atoms with Gasteiger partial charge in [0.25, 0.3) is 0 Å². The van der Waals surface area contributed by atoms with Gasteiger partial charge in [0.1, 0.15) is 5.75 Å². The summed E-state index contributed by atoms with van der Waals surface area (Å²) in [5, 5.41) is 4.16. The second-order valence-corrected chi connectivity index (χ2v) is 6.83. The van der Waals surface area contributed by atoms with Crippen LogP contribution in [0.3, 0.4) is 0 Å². The normalized spacial score (nSPS) is 17.5. The van der Waals surface area contributed by atoms with Crippen LogP contribution in [0.1, 0.15) is 29.4 Å². The van der Waals surface area contributed by atoms with Gasteiger partial charge in [0.05, 0.1) is 13.0 Å². The summed E-state index contributed by atoms with van der Waals surface area (Å²) in [6, 6.07) is 16.3. The monoisotopic (exact) mass is 349 g/mol. The summed E-state index contributed by atoms with van der Waals surface area (Å²) >= 11 is 0. The predicted octanol–water partition coefficient (Wildman–Crippen LogP) is 4.04. The zero-order chi connectivity index (χ0) is 17.9. The van der Waals surface area contributed by atoms with E-state index < -0.39 is 0 Å².